The van der Waals surface area contributed by atoms with Gasteiger partial charge in [0.1, 0.15) is 0 Å². The fourth-order valence-electron chi connectivity index (χ4n) is 3.36. The van der Waals surface area contributed by atoms with E-state index >= 15 is 0 Å². The molecule has 30 heavy (non-hydrogen) atoms. The van der Waals surface area contributed by atoms with Crippen LogP contribution in [0.3, 0.4) is 0 Å². The lowest BCUT2D eigenvalue weighted by Crippen LogP contribution is -2.29. The summed E-state index contributed by atoms with van der Waals surface area (Å²) < 4.78 is 28.4. The SMILES string of the molecule is Cc1ccc(S(=O)(=O)N2CCc3cc(NC(=O)Nc4ccc(Br)cc4)ccc32)cc1. The fraction of sp³-hybridized carbons (Fsp3) is 0.136. The summed E-state index contributed by atoms with van der Waals surface area (Å²) in [6, 6.07) is 19.0. The van der Waals surface area contributed by atoms with Crippen molar-refractivity contribution in [2.45, 2.75) is 18.2 Å². The van der Waals surface area contributed by atoms with Crippen LogP contribution in [0.1, 0.15) is 11.1 Å². The van der Waals surface area contributed by atoms with Gasteiger partial charge in [-0.15, -0.1) is 0 Å². The molecule has 3 aromatic rings. The molecular formula is C22H20BrN3O3S. The van der Waals surface area contributed by atoms with E-state index in [1.54, 1.807) is 48.5 Å². The number of halogens is 1. The van der Waals surface area contributed by atoms with Crippen molar-refractivity contribution in [3.8, 4) is 0 Å². The van der Waals surface area contributed by atoms with Crippen molar-refractivity contribution in [3.05, 3.63) is 82.3 Å². The first-order valence-electron chi connectivity index (χ1n) is 9.39. The monoisotopic (exact) mass is 485 g/mol. The average molecular weight is 486 g/mol. The lowest BCUT2D eigenvalue weighted by Gasteiger charge is -2.20. The highest BCUT2D eigenvalue weighted by Gasteiger charge is 2.31. The van der Waals surface area contributed by atoms with Crippen LogP contribution in [-0.2, 0) is 16.4 Å². The van der Waals surface area contributed by atoms with E-state index < -0.39 is 10.0 Å². The molecule has 0 atom stereocenters. The summed E-state index contributed by atoms with van der Waals surface area (Å²) in [7, 11) is -3.62. The maximum atomic E-state index is 13.0. The van der Waals surface area contributed by atoms with Gasteiger partial charge in [-0.3, -0.25) is 4.31 Å². The molecule has 0 aliphatic carbocycles. The molecule has 0 radical (unpaired) electrons. The zero-order chi connectivity index (χ0) is 21.3. The Morgan fingerprint density at radius 3 is 2.27 bits per heavy atom. The third-order valence-electron chi connectivity index (χ3n) is 4.90. The van der Waals surface area contributed by atoms with Gasteiger partial charge in [0.25, 0.3) is 10.0 Å². The molecular weight excluding hydrogens is 466 g/mol. The minimum Gasteiger partial charge on any atom is -0.308 e. The zero-order valence-corrected chi connectivity index (χ0v) is 18.6. The molecule has 0 fully saturated rings. The molecule has 0 saturated heterocycles. The molecule has 0 bridgehead atoms. The number of nitrogens with one attached hydrogen (secondary N) is 2. The number of aryl methyl sites for hydroxylation is 1. The average Bonchev–Trinajstić information content (AvgIpc) is 3.14. The maximum Gasteiger partial charge on any atom is 0.323 e. The predicted molar refractivity (Wildman–Crippen MR) is 123 cm³/mol. The van der Waals surface area contributed by atoms with E-state index in [1.807, 2.05) is 25.1 Å². The first-order chi connectivity index (χ1) is 14.3. The summed E-state index contributed by atoms with van der Waals surface area (Å²) in [6.45, 7) is 2.29. The van der Waals surface area contributed by atoms with Gasteiger partial charge in [-0.1, -0.05) is 33.6 Å². The Bertz CT molecular complexity index is 1190. The fourth-order valence-corrected chi connectivity index (χ4v) is 5.13. The minimum atomic E-state index is -3.62. The number of urea groups is 1. The number of hydrogen-bond donors (Lipinski definition) is 2. The summed E-state index contributed by atoms with van der Waals surface area (Å²) in [6.07, 6.45) is 0.588. The molecule has 0 saturated carbocycles. The number of nitrogens with zero attached hydrogens (tertiary/aromatic N) is 1. The van der Waals surface area contributed by atoms with Crippen LogP contribution in [0, 0.1) is 6.92 Å². The van der Waals surface area contributed by atoms with Gasteiger partial charge in [-0.05, 0) is 73.5 Å². The number of benzene rings is 3. The van der Waals surface area contributed by atoms with E-state index in [-0.39, 0.29) is 10.9 Å². The molecule has 1 aliphatic heterocycles. The van der Waals surface area contributed by atoms with Crippen LogP contribution < -0.4 is 14.9 Å². The predicted octanol–water partition coefficient (Wildman–Crippen LogP) is 5.15. The van der Waals surface area contributed by atoms with Crippen molar-refractivity contribution in [3.63, 3.8) is 0 Å². The van der Waals surface area contributed by atoms with Gasteiger partial charge >= 0.3 is 6.03 Å². The first-order valence-corrected chi connectivity index (χ1v) is 11.6. The van der Waals surface area contributed by atoms with Crippen molar-refractivity contribution in [1.82, 2.24) is 0 Å². The number of rotatable bonds is 4. The molecule has 0 spiro atoms. The van der Waals surface area contributed by atoms with Crippen molar-refractivity contribution in [2.24, 2.45) is 0 Å². The third kappa shape index (κ3) is 4.20. The van der Waals surface area contributed by atoms with Gasteiger partial charge in [0.05, 0.1) is 10.6 Å². The third-order valence-corrected chi connectivity index (χ3v) is 7.26. The van der Waals surface area contributed by atoms with Crippen LogP contribution in [0.15, 0.2) is 76.1 Å². The van der Waals surface area contributed by atoms with Crippen molar-refractivity contribution in [1.29, 1.82) is 0 Å². The van der Waals surface area contributed by atoms with Gasteiger partial charge in [-0.25, -0.2) is 13.2 Å². The topological polar surface area (TPSA) is 78.5 Å². The lowest BCUT2D eigenvalue weighted by atomic mass is 10.1. The van der Waals surface area contributed by atoms with Crippen LogP contribution in [0.25, 0.3) is 0 Å². The summed E-state index contributed by atoms with van der Waals surface area (Å²) in [5.41, 5.74) is 3.82. The van der Waals surface area contributed by atoms with Crippen molar-refractivity contribution < 1.29 is 13.2 Å². The van der Waals surface area contributed by atoms with Gasteiger partial charge in [0.15, 0.2) is 0 Å². The minimum absolute atomic E-state index is 0.275. The summed E-state index contributed by atoms with van der Waals surface area (Å²) in [5, 5.41) is 5.56. The van der Waals surface area contributed by atoms with E-state index in [2.05, 4.69) is 26.6 Å². The zero-order valence-electron chi connectivity index (χ0n) is 16.2. The Morgan fingerprint density at radius 2 is 1.57 bits per heavy atom. The van der Waals surface area contributed by atoms with Crippen molar-refractivity contribution in [2.75, 3.05) is 21.5 Å². The number of hydrogen-bond acceptors (Lipinski definition) is 3. The van der Waals surface area contributed by atoms with Crippen LogP contribution in [0.4, 0.5) is 21.9 Å². The van der Waals surface area contributed by atoms with Crippen LogP contribution >= 0.6 is 15.9 Å². The molecule has 154 valence electrons. The highest BCUT2D eigenvalue weighted by molar-refractivity contribution is 9.10. The van der Waals surface area contributed by atoms with E-state index in [9.17, 15) is 13.2 Å². The maximum absolute atomic E-state index is 13.0. The Morgan fingerprint density at radius 1 is 0.933 bits per heavy atom. The Balaban J connectivity index is 1.50. The number of carbonyl (C=O) groups is 1. The molecule has 4 rings (SSSR count). The number of sulfonamides is 1. The van der Waals surface area contributed by atoms with Gasteiger partial charge in [-0.2, -0.15) is 0 Å². The molecule has 2 amide bonds. The van der Waals surface area contributed by atoms with Crippen LogP contribution in [-0.4, -0.2) is 21.0 Å². The highest BCUT2D eigenvalue weighted by Crippen LogP contribution is 2.34. The van der Waals surface area contributed by atoms with E-state index in [0.717, 1.165) is 15.6 Å². The number of carbonyl (C=O) groups excluding carboxylic acids is 1. The van der Waals surface area contributed by atoms with Gasteiger partial charge < -0.3 is 10.6 Å². The lowest BCUT2D eigenvalue weighted by molar-refractivity contribution is 0.262. The van der Waals surface area contributed by atoms with E-state index in [4.69, 9.17) is 0 Å². The Labute approximate surface area is 184 Å². The van der Waals surface area contributed by atoms with Gasteiger partial charge in [0, 0.05) is 22.4 Å². The second-order valence-corrected chi connectivity index (χ2v) is 9.85. The summed E-state index contributed by atoms with van der Waals surface area (Å²) >= 11 is 3.36. The summed E-state index contributed by atoms with van der Waals surface area (Å²) in [4.78, 5) is 12.5. The molecule has 0 unspecified atom stereocenters. The molecule has 1 aliphatic rings. The molecule has 2 N–H and O–H groups in total. The van der Waals surface area contributed by atoms with E-state index in [1.165, 1.54) is 4.31 Å². The van der Waals surface area contributed by atoms with Crippen molar-refractivity contribution >= 4 is 49.0 Å². The Kier molecular flexibility index (Phi) is 5.53. The normalized spacial score (nSPS) is 13.1. The van der Waals surface area contributed by atoms with E-state index in [0.29, 0.717) is 30.0 Å². The standard InChI is InChI=1S/C22H20BrN3O3S/c1-15-2-9-20(10-3-15)30(28,29)26-13-12-16-14-19(8-11-21(16)26)25-22(27)24-18-6-4-17(23)5-7-18/h2-11,14H,12-13H2,1H3,(H2,24,25,27). The van der Waals surface area contributed by atoms with Crippen LogP contribution in [0.2, 0.25) is 0 Å². The Hall–Kier alpha value is -2.84. The highest BCUT2D eigenvalue weighted by atomic mass is 79.9. The summed E-state index contributed by atoms with van der Waals surface area (Å²) in [5.74, 6) is 0. The smallest absolute Gasteiger partial charge is 0.308 e. The molecule has 1 heterocycles. The number of amides is 2. The molecule has 3 aromatic carbocycles. The quantitative estimate of drug-likeness (QED) is 0.535. The second-order valence-electron chi connectivity index (χ2n) is 7.07. The van der Waals surface area contributed by atoms with Crippen LogP contribution in [0.5, 0.6) is 0 Å². The molecule has 8 heteroatoms. The number of fused-ring (bicyclic) bond motifs is 1. The first kappa shape index (κ1) is 20.4. The second kappa shape index (κ2) is 8.12. The number of anilines is 3. The molecule has 0 aromatic heterocycles. The largest absolute Gasteiger partial charge is 0.323 e. The molecule has 6 nitrogen and oxygen atoms in total. The van der Waals surface area contributed by atoms with Gasteiger partial charge in [0.2, 0.25) is 0 Å².